The summed E-state index contributed by atoms with van der Waals surface area (Å²) in [6.07, 6.45) is -0.484. The lowest BCUT2D eigenvalue weighted by Crippen LogP contribution is -2.43. The number of fused-ring (bicyclic) bond motifs is 3. The quantitative estimate of drug-likeness (QED) is 0.493. The topological polar surface area (TPSA) is 105 Å². The first-order valence-corrected chi connectivity index (χ1v) is 11.6. The summed E-state index contributed by atoms with van der Waals surface area (Å²) in [5, 5.41) is 11.6. The molecule has 0 aromatic heterocycles. The van der Waals surface area contributed by atoms with Gasteiger partial charge in [0.2, 0.25) is 0 Å². The van der Waals surface area contributed by atoms with E-state index in [1.54, 1.807) is 0 Å². The third-order valence-electron chi connectivity index (χ3n) is 5.98. The Kier molecular flexibility index (Phi) is 9.04. The van der Waals surface area contributed by atoms with Gasteiger partial charge in [0.05, 0.1) is 6.42 Å². The highest BCUT2D eigenvalue weighted by molar-refractivity contribution is 5.82. The molecule has 2 amide bonds. The molecule has 0 radical (unpaired) electrons. The standard InChI is InChI=1S/C26H32N2O6/c1-3-15-28(16-13-24(29)30)25(31)23(33-2)12-14-27-26(32)34-17-22-20-10-6-4-8-18(20)19-9-5-7-11-21(19)22/h4-11,22-23H,3,12-17H2,1-2H3,(H,27,32)(H,29,30). The summed E-state index contributed by atoms with van der Waals surface area (Å²) in [6.45, 7) is 2.90. The summed E-state index contributed by atoms with van der Waals surface area (Å²) in [7, 11) is 1.43. The Balaban J connectivity index is 1.50. The van der Waals surface area contributed by atoms with Crippen LogP contribution in [-0.4, -0.2) is 67.4 Å². The fourth-order valence-electron chi connectivity index (χ4n) is 4.33. The van der Waals surface area contributed by atoms with E-state index in [1.807, 2.05) is 31.2 Å². The van der Waals surface area contributed by atoms with Gasteiger partial charge in [-0.2, -0.15) is 0 Å². The van der Waals surface area contributed by atoms with Gasteiger partial charge >= 0.3 is 12.1 Å². The van der Waals surface area contributed by atoms with Crippen LogP contribution in [0.15, 0.2) is 48.5 Å². The van der Waals surface area contributed by atoms with Crippen molar-refractivity contribution in [3.05, 3.63) is 59.7 Å². The lowest BCUT2D eigenvalue weighted by atomic mass is 9.98. The maximum atomic E-state index is 12.8. The zero-order chi connectivity index (χ0) is 24.5. The number of nitrogens with one attached hydrogen (secondary N) is 1. The van der Waals surface area contributed by atoms with Crippen molar-refractivity contribution in [2.45, 2.75) is 38.2 Å². The van der Waals surface area contributed by atoms with Gasteiger partial charge in [-0.3, -0.25) is 9.59 Å². The average molecular weight is 469 g/mol. The molecule has 1 unspecified atom stereocenters. The van der Waals surface area contributed by atoms with E-state index >= 15 is 0 Å². The third-order valence-corrected chi connectivity index (χ3v) is 5.98. The Hall–Kier alpha value is -3.39. The Morgan fingerprint density at radius 1 is 1.03 bits per heavy atom. The Morgan fingerprint density at radius 3 is 2.21 bits per heavy atom. The Labute approximate surface area is 199 Å². The molecular weight excluding hydrogens is 436 g/mol. The monoisotopic (exact) mass is 468 g/mol. The summed E-state index contributed by atoms with van der Waals surface area (Å²) in [6, 6.07) is 16.2. The van der Waals surface area contributed by atoms with Gasteiger partial charge in [-0.25, -0.2) is 4.79 Å². The zero-order valence-electron chi connectivity index (χ0n) is 19.7. The van der Waals surface area contributed by atoms with Crippen molar-refractivity contribution in [1.82, 2.24) is 10.2 Å². The van der Waals surface area contributed by atoms with Gasteiger partial charge in [0, 0.05) is 39.1 Å². The number of ether oxygens (including phenoxy) is 2. The molecule has 8 nitrogen and oxygen atoms in total. The molecule has 2 N–H and O–H groups in total. The van der Waals surface area contributed by atoms with Crippen molar-refractivity contribution in [2.75, 3.05) is 33.4 Å². The lowest BCUT2D eigenvalue weighted by Gasteiger charge is -2.26. The van der Waals surface area contributed by atoms with Crippen molar-refractivity contribution in [3.63, 3.8) is 0 Å². The minimum Gasteiger partial charge on any atom is -0.481 e. The largest absolute Gasteiger partial charge is 0.481 e. The third kappa shape index (κ3) is 6.14. The number of carboxylic acids is 1. The summed E-state index contributed by atoms with van der Waals surface area (Å²) >= 11 is 0. The Morgan fingerprint density at radius 2 is 1.65 bits per heavy atom. The molecule has 1 aliphatic carbocycles. The molecule has 0 saturated carbocycles. The number of hydrogen-bond donors (Lipinski definition) is 2. The van der Waals surface area contributed by atoms with Gasteiger partial charge in [0.15, 0.2) is 0 Å². The normalized spacial score (nSPS) is 13.0. The number of benzene rings is 2. The SMILES string of the molecule is CCCN(CCC(=O)O)C(=O)C(CCNC(=O)OCC1c2ccccc2-c2ccccc21)OC. The number of methoxy groups -OCH3 is 1. The van der Waals surface area contributed by atoms with E-state index in [0.29, 0.717) is 13.0 Å². The molecule has 2 aromatic carbocycles. The van der Waals surface area contributed by atoms with Crippen LogP contribution >= 0.6 is 0 Å². The molecule has 1 atom stereocenters. The zero-order valence-corrected chi connectivity index (χ0v) is 19.7. The summed E-state index contributed by atoms with van der Waals surface area (Å²) in [4.78, 5) is 37.5. The van der Waals surface area contributed by atoms with Crippen molar-refractivity contribution in [3.8, 4) is 11.1 Å². The molecule has 0 spiro atoms. The minimum atomic E-state index is -0.959. The second kappa shape index (κ2) is 12.2. The van der Waals surface area contributed by atoms with E-state index in [0.717, 1.165) is 22.3 Å². The molecule has 1 aliphatic rings. The van der Waals surface area contributed by atoms with Gasteiger partial charge in [-0.1, -0.05) is 55.5 Å². The molecule has 0 fully saturated rings. The van der Waals surface area contributed by atoms with Crippen molar-refractivity contribution >= 4 is 18.0 Å². The number of alkyl carbamates (subject to hydrolysis) is 1. The number of carbonyl (C=O) groups excluding carboxylic acids is 2. The van der Waals surface area contributed by atoms with Crippen LogP contribution in [0, 0.1) is 0 Å². The first-order chi connectivity index (χ1) is 16.5. The molecule has 182 valence electrons. The van der Waals surface area contributed by atoms with Crippen LogP contribution in [0.3, 0.4) is 0 Å². The average Bonchev–Trinajstić information content (AvgIpc) is 3.16. The first kappa shape index (κ1) is 25.2. The van der Waals surface area contributed by atoms with Gasteiger partial charge in [0.25, 0.3) is 5.91 Å². The van der Waals surface area contributed by atoms with E-state index in [4.69, 9.17) is 14.6 Å². The highest BCUT2D eigenvalue weighted by Crippen LogP contribution is 2.44. The highest BCUT2D eigenvalue weighted by Gasteiger charge is 2.29. The number of amides is 2. The number of hydrogen-bond acceptors (Lipinski definition) is 5. The highest BCUT2D eigenvalue weighted by atomic mass is 16.5. The first-order valence-electron chi connectivity index (χ1n) is 11.6. The summed E-state index contributed by atoms with van der Waals surface area (Å²) in [5.41, 5.74) is 4.60. The lowest BCUT2D eigenvalue weighted by molar-refractivity contribution is -0.144. The molecule has 3 rings (SSSR count). The van der Waals surface area contributed by atoms with Crippen LogP contribution in [0.4, 0.5) is 4.79 Å². The summed E-state index contributed by atoms with van der Waals surface area (Å²) < 4.78 is 10.8. The number of rotatable bonds is 12. The summed E-state index contributed by atoms with van der Waals surface area (Å²) in [5.74, 6) is -1.26. The van der Waals surface area contributed by atoms with Crippen LogP contribution in [-0.2, 0) is 19.1 Å². The van der Waals surface area contributed by atoms with Gasteiger partial charge < -0.3 is 24.8 Å². The van der Waals surface area contributed by atoms with E-state index in [2.05, 4.69) is 29.6 Å². The maximum Gasteiger partial charge on any atom is 0.407 e. The van der Waals surface area contributed by atoms with Crippen molar-refractivity contribution in [1.29, 1.82) is 0 Å². The molecule has 0 saturated heterocycles. The maximum absolute atomic E-state index is 12.8. The number of aliphatic carboxylic acids is 1. The van der Waals surface area contributed by atoms with Crippen LogP contribution in [0.5, 0.6) is 0 Å². The molecule has 0 aliphatic heterocycles. The number of carbonyl (C=O) groups is 3. The van der Waals surface area contributed by atoms with Crippen LogP contribution in [0.2, 0.25) is 0 Å². The predicted molar refractivity (Wildman–Crippen MR) is 128 cm³/mol. The van der Waals surface area contributed by atoms with Crippen LogP contribution < -0.4 is 5.32 Å². The Bertz CT molecular complexity index is 963. The molecular formula is C26H32N2O6. The number of carboxylic acid groups (broad SMARTS) is 1. The van der Waals surface area contributed by atoms with E-state index in [9.17, 15) is 14.4 Å². The molecule has 2 aromatic rings. The van der Waals surface area contributed by atoms with Crippen LogP contribution in [0.25, 0.3) is 11.1 Å². The molecule has 0 heterocycles. The molecule has 8 heteroatoms. The molecule has 34 heavy (non-hydrogen) atoms. The van der Waals surface area contributed by atoms with Crippen molar-refractivity contribution in [2.24, 2.45) is 0 Å². The van der Waals surface area contributed by atoms with E-state index in [-0.39, 0.29) is 44.4 Å². The predicted octanol–water partition coefficient (Wildman–Crippen LogP) is 3.64. The smallest absolute Gasteiger partial charge is 0.407 e. The fraction of sp³-hybridized carbons (Fsp3) is 0.423. The minimum absolute atomic E-state index is 0.0247. The van der Waals surface area contributed by atoms with E-state index in [1.165, 1.54) is 12.0 Å². The second-order valence-electron chi connectivity index (χ2n) is 8.23. The molecule has 0 bridgehead atoms. The van der Waals surface area contributed by atoms with Crippen LogP contribution in [0.1, 0.15) is 43.2 Å². The van der Waals surface area contributed by atoms with Gasteiger partial charge in [-0.15, -0.1) is 0 Å². The van der Waals surface area contributed by atoms with Crippen molar-refractivity contribution < 1.29 is 29.0 Å². The van der Waals surface area contributed by atoms with Gasteiger partial charge in [0.1, 0.15) is 12.7 Å². The van der Waals surface area contributed by atoms with Gasteiger partial charge in [-0.05, 0) is 28.7 Å². The van der Waals surface area contributed by atoms with E-state index < -0.39 is 18.2 Å². The fourth-order valence-corrected chi connectivity index (χ4v) is 4.33. The second-order valence-corrected chi connectivity index (χ2v) is 8.23. The number of nitrogens with zero attached hydrogens (tertiary/aromatic N) is 1.